The van der Waals surface area contributed by atoms with E-state index in [4.69, 9.17) is 14.9 Å². The summed E-state index contributed by atoms with van der Waals surface area (Å²) in [5, 5.41) is 18.0. The molecule has 0 amide bonds. The highest BCUT2D eigenvalue weighted by Gasteiger charge is 2.44. The topological polar surface area (TPSA) is 124 Å². The van der Waals surface area contributed by atoms with E-state index >= 15 is 0 Å². The number of ether oxygens (including phenoxy) is 1. The van der Waals surface area contributed by atoms with Crippen molar-refractivity contribution < 1.29 is 34.3 Å². The predicted molar refractivity (Wildman–Crippen MR) is 67.7 cm³/mol. The molecule has 1 aliphatic heterocycles. The second-order valence-corrected chi connectivity index (χ2v) is 6.80. The molecule has 0 fully saturated rings. The Bertz CT molecular complexity index is 377. The Kier molecular flexibility index (Phi) is 5.87. The molecular weight excluding hydrogens is 275 g/mol. The van der Waals surface area contributed by atoms with E-state index in [-0.39, 0.29) is 25.6 Å². The lowest BCUT2D eigenvalue weighted by molar-refractivity contribution is -0.142. The van der Waals surface area contributed by atoms with Gasteiger partial charge in [0.25, 0.3) is 7.72 Å². The average Bonchev–Trinajstić information content (AvgIpc) is 2.35. The molecule has 8 heteroatoms. The van der Waals surface area contributed by atoms with Gasteiger partial charge in [-0.05, 0) is 12.5 Å². The summed E-state index contributed by atoms with van der Waals surface area (Å²) in [6, 6.07) is 0. The van der Waals surface area contributed by atoms with Crippen LogP contribution in [0.3, 0.4) is 0 Å². The van der Waals surface area contributed by atoms with E-state index in [9.17, 15) is 19.4 Å². The molecule has 19 heavy (non-hydrogen) atoms. The monoisotopic (exact) mass is 293 g/mol. The van der Waals surface area contributed by atoms with Crippen molar-refractivity contribution >= 4 is 19.7 Å². The molecule has 108 valence electrons. The van der Waals surface area contributed by atoms with Crippen molar-refractivity contribution in [2.45, 2.75) is 19.3 Å². The minimum absolute atomic E-state index is 0.114. The number of carboxylic acid groups (broad SMARTS) is 2. The van der Waals surface area contributed by atoms with Crippen LogP contribution in [0.2, 0.25) is 0 Å². The second-order valence-electron chi connectivity index (χ2n) is 4.40. The van der Waals surface area contributed by atoms with E-state index in [1.165, 1.54) is 0 Å². The molecule has 0 aliphatic carbocycles. The van der Waals surface area contributed by atoms with Crippen LogP contribution in [0.25, 0.3) is 0 Å². The van der Waals surface area contributed by atoms with Crippen molar-refractivity contribution in [3.05, 3.63) is 11.4 Å². The fourth-order valence-corrected chi connectivity index (χ4v) is 3.86. The van der Waals surface area contributed by atoms with Crippen LogP contribution in [0.15, 0.2) is 11.4 Å². The molecule has 0 bridgehead atoms. The van der Waals surface area contributed by atoms with Crippen molar-refractivity contribution in [1.29, 1.82) is 0 Å². The van der Waals surface area contributed by atoms with Gasteiger partial charge in [0.15, 0.2) is 0 Å². The average molecular weight is 293 g/mol. The Morgan fingerprint density at radius 2 is 2.05 bits per heavy atom. The summed E-state index contributed by atoms with van der Waals surface area (Å²) in [5.41, 5.74) is 0. The maximum absolute atomic E-state index is 11.0. The van der Waals surface area contributed by atoms with Crippen LogP contribution >= 0.6 is 7.72 Å². The quantitative estimate of drug-likeness (QED) is 0.509. The smallest absolute Gasteiger partial charge is 0.310 e. The van der Waals surface area contributed by atoms with E-state index in [0.717, 1.165) is 0 Å². The fourth-order valence-electron chi connectivity index (χ4n) is 1.86. The standard InChI is InChI=1S/C11H17O7P/c12-10(13)2-1-8(11(14)15)7-19(16,17)9-3-5-18-6-4-9/h3,8,16-17H,1-2,4-7H2,(H-,12,13,14,15)/p+1. The number of rotatable bonds is 7. The number of hydrogen-bond donors (Lipinski definition) is 4. The molecule has 0 radical (unpaired) electrons. The van der Waals surface area contributed by atoms with Crippen molar-refractivity contribution in [1.82, 2.24) is 0 Å². The molecule has 1 atom stereocenters. The summed E-state index contributed by atoms with van der Waals surface area (Å²) in [5.74, 6) is -3.37. The van der Waals surface area contributed by atoms with Crippen LogP contribution in [-0.4, -0.2) is 51.3 Å². The van der Waals surface area contributed by atoms with Crippen molar-refractivity contribution in [2.24, 2.45) is 5.92 Å². The third-order valence-electron chi connectivity index (χ3n) is 2.93. The van der Waals surface area contributed by atoms with Crippen molar-refractivity contribution in [2.75, 3.05) is 19.4 Å². The summed E-state index contributed by atoms with van der Waals surface area (Å²) < 4.78 is 5.05. The molecule has 0 saturated carbocycles. The highest BCUT2D eigenvalue weighted by molar-refractivity contribution is 7.68. The maximum atomic E-state index is 11.0. The van der Waals surface area contributed by atoms with Gasteiger partial charge in [-0.3, -0.25) is 9.59 Å². The van der Waals surface area contributed by atoms with E-state index in [1.807, 2.05) is 0 Å². The highest BCUT2D eigenvalue weighted by atomic mass is 31.2. The van der Waals surface area contributed by atoms with Gasteiger partial charge in [-0.25, -0.2) is 9.79 Å². The normalized spacial score (nSPS) is 17.7. The molecule has 7 nitrogen and oxygen atoms in total. The zero-order valence-electron chi connectivity index (χ0n) is 10.4. The van der Waals surface area contributed by atoms with Crippen LogP contribution in [0.5, 0.6) is 0 Å². The highest BCUT2D eigenvalue weighted by Crippen LogP contribution is 2.61. The zero-order chi connectivity index (χ0) is 14.5. The molecule has 0 aromatic rings. The molecule has 0 spiro atoms. The Morgan fingerprint density at radius 1 is 1.37 bits per heavy atom. The molecular formula is C11H18O7P+. The van der Waals surface area contributed by atoms with E-state index in [0.29, 0.717) is 18.3 Å². The van der Waals surface area contributed by atoms with Crippen LogP contribution in [0.1, 0.15) is 19.3 Å². The van der Waals surface area contributed by atoms with Gasteiger partial charge in [0, 0.05) is 12.8 Å². The van der Waals surface area contributed by atoms with Crippen molar-refractivity contribution in [3.8, 4) is 0 Å². The Morgan fingerprint density at radius 3 is 2.53 bits per heavy atom. The van der Waals surface area contributed by atoms with Crippen LogP contribution < -0.4 is 0 Å². The lowest BCUT2D eigenvalue weighted by Crippen LogP contribution is -2.22. The van der Waals surface area contributed by atoms with Crippen LogP contribution in [0.4, 0.5) is 0 Å². The maximum Gasteiger partial charge on any atom is 0.310 e. The van der Waals surface area contributed by atoms with E-state index in [1.54, 1.807) is 6.08 Å². The molecule has 1 rings (SSSR count). The summed E-state index contributed by atoms with van der Waals surface area (Å²) in [7, 11) is -3.48. The minimum atomic E-state index is -3.48. The van der Waals surface area contributed by atoms with Crippen molar-refractivity contribution in [3.63, 3.8) is 0 Å². The minimum Gasteiger partial charge on any atom is -0.481 e. The Labute approximate surface area is 111 Å². The second kappa shape index (κ2) is 6.96. The molecule has 0 saturated heterocycles. The molecule has 1 aliphatic rings. The van der Waals surface area contributed by atoms with Gasteiger partial charge in [0.2, 0.25) is 0 Å². The molecule has 0 aromatic heterocycles. The molecule has 1 heterocycles. The van der Waals surface area contributed by atoms with E-state index in [2.05, 4.69) is 0 Å². The lowest BCUT2D eigenvalue weighted by Gasteiger charge is -2.21. The SMILES string of the molecule is O=C(O)CCC(C[P+](O)(O)C1=CCOCC1)C(=O)O. The van der Waals surface area contributed by atoms with Gasteiger partial charge in [-0.1, -0.05) is 0 Å². The first kappa shape index (κ1) is 16.0. The number of hydrogen-bond acceptors (Lipinski definition) is 5. The zero-order valence-corrected chi connectivity index (χ0v) is 11.3. The summed E-state index contributed by atoms with van der Waals surface area (Å²) >= 11 is 0. The third kappa shape index (κ3) is 5.24. The Balaban J connectivity index is 2.68. The predicted octanol–water partition coefficient (Wildman–Crippen LogP) is 0.688. The molecule has 1 unspecified atom stereocenters. The third-order valence-corrected chi connectivity index (χ3v) is 5.21. The van der Waals surface area contributed by atoms with Gasteiger partial charge < -0.3 is 14.9 Å². The van der Waals surface area contributed by atoms with Gasteiger partial charge >= 0.3 is 11.9 Å². The first-order chi connectivity index (χ1) is 8.83. The van der Waals surface area contributed by atoms with Gasteiger partial charge in [0.1, 0.15) is 11.5 Å². The molecule has 0 aromatic carbocycles. The number of carboxylic acids is 2. The number of aliphatic carboxylic acids is 2. The number of carbonyl (C=O) groups is 2. The Hall–Kier alpha value is -1.01. The summed E-state index contributed by atoms with van der Waals surface area (Å²) in [6.45, 7) is 0.659. The first-order valence-corrected chi connectivity index (χ1v) is 7.76. The lowest BCUT2D eigenvalue weighted by atomic mass is 10.1. The van der Waals surface area contributed by atoms with Gasteiger partial charge in [-0.15, -0.1) is 0 Å². The van der Waals surface area contributed by atoms with Crippen LogP contribution in [0, 0.1) is 5.92 Å². The first-order valence-electron chi connectivity index (χ1n) is 5.88. The van der Waals surface area contributed by atoms with E-state index < -0.39 is 25.6 Å². The summed E-state index contributed by atoms with van der Waals surface area (Å²) in [4.78, 5) is 41.6. The van der Waals surface area contributed by atoms with Gasteiger partial charge in [-0.2, -0.15) is 0 Å². The fraction of sp³-hybridized carbons (Fsp3) is 0.636. The molecule has 4 N–H and O–H groups in total. The van der Waals surface area contributed by atoms with Crippen LogP contribution in [-0.2, 0) is 14.3 Å². The summed E-state index contributed by atoms with van der Waals surface area (Å²) in [6.07, 6.45) is 1.19. The largest absolute Gasteiger partial charge is 0.481 e. The van der Waals surface area contributed by atoms with Gasteiger partial charge in [0.05, 0.1) is 19.1 Å².